The van der Waals surface area contributed by atoms with Crippen molar-refractivity contribution in [3.05, 3.63) is 48.4 Å². The Bertz CT molecular complexity index is 951. The number of amides is 1. The van der Waals surface area contributed by atoms with Crippen LogP contribution in [0.2, 0.25) is 0 Å². The molecule has 1 amide bonds. The molecule has 0 N–H and O–H groups in total. The molecule has 0 spiro atoms. The van der Waals surface area contributed by atoms with E-state index in [1.165, 1.54) is 16.8 Å². The number of carbonyl (C=O) groups is 1. The van der Waals surface area contributed by atoms with E-state index in [2.05, 4.69) is 4.98 Å². The Morgan fingerprint density at radius 2 is 1.82 bits per heavy atom. The fourth-order valence-electron chi connectivity index (χ4n) is 4.07. The van der Waals surface area contributed by atoms with Gasteiger partial charge in [-0.15, -0.1) is 0 Å². The van der Waals surface area contributed by atoms with E-state index in [1.807, 2.05) is 37.3 Å². The van der Waals surface area contributed by atoms with Gasteiger partial charge in [-0.05, 0) is 25.3 Å². The van der Waals surface area contributed by atoms with E-state index in [0.717, 1.165) is 5.56 Å². The standard InChI is InChI=1S/C19H24N4O4S/c1-14-18(15-6-4-3-5-7-15)27-19(24)23(14)16-8-10-22(11-9-16)28(25,26)17-12-21(2)13-20-17/h3-7,12-14,16,18H,8-11H2,1-2H3. The lowest BCUT2D eigenvalue weighted by atomic mass is 9.99. The molecule has 4 rings (SSSR count). The van der Waals surface area contributed by atoms with Crippen molar-refractivity contribution in [2.45, 2.75) is 43.0 Å². The van der Waals surface area contributed by atoms with Crippen molar-refractivity contribution in [2.75, 3.05) is 13.1 Å². The van der Waals surface area contributed by atoms with Gasteiger partial charge in [-0.25, -0.2) is 18.2 Å². The van der Waals surface area contributed by atoms with E-state index in [1.54, 1.807) is 16.5 Å². The highest BCUT2D eigenvalue weighted by atomic mass is 32.2. The number of rotatable bonds is 4. The van der Waals surface area contributed by atoms with Crippen molar-refractivity contribution in [3.8, 4) is 0 Å². The molecule has 2 unspecified atom stereocenters. The predicted molar refractivity (Wildman–Crippen MR) is 102 cm³/mol. The number of benzene rings is 1. The predicted octanol–water partition coefficient (Wildman–Crippen LogP) is 2.16. The van der Waals surface area contributed by atoms with Gasteiger partial charge in [0.25, 0.3) is 10.0 Å². The zero-order valence-electron chi connectivity index (χ0n) is 15.9. The van der Waals surface area contributed by atoms with E-state index in [9.17, 15) is 13.2 Å². The summed E-state index contributed by atoms with van der Waals surface area (Å²) in [6.45, 7) is 2.70. The van der Waals surface area contributed by atoms with Crippen LogP contribution in [-0.4, -0.2) is 58.4 Å². The molecule has 8 nitrogen and oxygen atoms in total. The van der Waals surface area contributed by atoms with Crippen molar-refractivity contribution in [1.82, 2.24) is 18.8 Å². The molecule has 0 saturated carbocycles. The summed E-state index contributed by atoms with van der Waals surface area (Å²) < 4.78 is 34.2. The quantitative estimate of drug-likeness (QED) is 0.780. The topological polar surface area (TPSA) is 84.7 Å². The molecule has 2 aliphatic rings. The second-order valence-electron chi connectivity index (χ2n) is 7.38. The number of carbonyl (C=O) groups excluding carboxylic acids is 1. The van der Waals surface area contributed by atoms with Crippen molar-refractivity contribution < 1.29 is 17.9 Å². The highest BCUT2D eigenvalue weighted by Gasteiger charge is 2.44. The number of ether oxygens (including phenoxy) is 1. The first-order valence-electron chi connectivity index (χ1n) is 9.40. The Morgan fingerprint density at radius 3 is 2.43 bits per heavy atom. The monoisotopic (exact) mass is 404 g/mol. The minimum absolute atomic E-state index is 0.0357. The Hall–Kier alpha value is -2.39. The number of hydrogen-bond donors (Lipinski definition) is 0. The third kappa shape index (κ3) is 3.29. The number of hydrogen-bond acceptors (Lipinski definition) is 5. The highest BCUT2D eigenvalue weighted by molar-refractivity contribution is 7.89. The van der Waals surface area contributed by atoms with Crippen molar-refractivity contribution in [2.24, 2.45) is 7.05 Å². The number of nitrogens with zero attached hydrogens (tertiary/aromatic N) is 4. The normalized spacial score (nSPS) is 24.5. The highest BCUT2D eigenvalue weighted by Crippen LogP contribution is 2.36. The molecule has 2 aromatic rings. The third-order valence-corrected chi connectivity index (χ3v) is 7.33. The molecular formula is C19H24N4O4S. The summed E-state index contributed by atoms with van der Waals surface area (Å²) in [5.74, 6) is 0. The molecule has 0 radical (unpaired) electrons. The maximum absolute atomic E-state index is 12.7. The molecule has 1 aromatic heterocycles. The minimum Gasteiger partial charge on any atom is -0.439 e. The fourth-order valence-corrected chi connectivity index (χ4v) is 5.50. The van der Waals surface area contributed by atoms with E-state index >= 15 is 0 Å². The van der Waals surface area contributed by atoms with Gasteiger partial charge in [0.05, 0.1) is 12.4 Å². The van der Waals surface area contributed by atoms with Gasteiger partial charge in [0.2, 0.25) is 0 Å². The first-order chi connectivity index (χ1) is 13.4. The molecule has 2 saturated heterocycles. The Morgan fingerprint density at radius 1 is 1.14 bits per heavy atom. The molecule has 9 heteroatoms. The lowest BCUT2D eigenvalue weighted by Gasteiger charge is -2.36. The summed E-state index contributed by atoms with van der Waals surface area (Å²) >= 11 is 0. The van der Waals surface area contributed by atoms with Gasteiger partial charge in [-0.3, -0.25) is 4.90 Å². The van der Waals surface area contributed by atoms with Crippen LogP contribution in [0.15, 0.2) is 47.9 Å². The number of sulfonamides is 1. The maximum atomic E-state index is 12.7. The molecular weight excluding hydrogens is 380 g/mol. The lowest BCUT2D eigenvalue weighted by molar-refractivity contribution is 0.121. The van der Waals surface area contributed by atoms with Gasteiger partial charge in [-0.1, -0.05) is 30.3 Å². The summed E-state index contributed by atoms with van der Waals surface area (Å²) in [7, 11) is -1.86. The second-order valence-corrected chi connectivity index (χ2v) is 9.26. The molecule has 2 atom stereocenters. The van der Waals surface area contributed by atoms with Crippen LogP contribution in [0.4, 0.5) is 4.79 Å². The smallest absolute Gasteiger partial charge is 0.411 e. The molecule has 0 bridgehead atoms. The van der Waals surface area contributed by atoms with Gasteiger partial charge < -0.3 is 9.30 Å². The first-order valence-corrected chi connectivity index (χ1v) is 10.8. The molecule has 1 aromatic carbocycles. The number of cyclic esters (lactones) is 1. The minimum atomic E-state index is -3.60. The van der Waals surface area contributed by atoms with Crippen molar-refractivity contribution in [1.29, 1.82) is 0 Å². The van der Waals surface area contributed by atoms with Gasteiger partial charge in [0.1, 0.15) is 6.10 Å². The van der Waals surface area contributed by atoms with Crippen molar-refractivity contribution >= 4 is 16.1 Å². The molecule has 150 valence electrons. The van der Waals surface area contributed by atoms with Crippen LogP contribution >= 0.6 is 0 Å². The van der Waals surface area contributed by atoms with E-state index in [4.69, 9.17) is 4.74 Å². The van der Waals surface area contributed by atoms with Crippen LogP contribution in [0.5, 0.6) is 0 Å². The van der Waals surface area contributed by atoms with Crippen LogP contribution < -0.4 is 0 Å². The maximum Gasteiger partial charge on any atom is 0.411 e. The van der Waals surface area contributed by atoms with Crippen LogP contribution in [0.1, 0.15) is 31.4 Å². The van der Waals surface area contributed by atoms with E-state index in [-0.39, 0.29) is 29.3 Å². The SMILES string of the molecule is CC1C(c2ccccc2)OC(=O)N1C1CCN(S(=O)(=O)c2cn(C)cn2)CC1. The van der Waals surface area contributed by atoms with Crippen LogP contribution in [0.25, 0.3) is 0 Å². The van der Waals surface area contributed by atoms with Gasteiger partial charge in [0.15, 0.2) is 5.03 Å². The largest absolute Gasteiger partial charge is 0.439 e. The lowest BCUT2D eigenvalue weighted by Crippen LogP contribution is -2.49. The van der Waals surface area contributed by atoms with Gasteiger partial charge in [-0.2, -0.15) is 4.31 Å². The zero-order chi connectivity index (χ0) is 19.9. The number of piperidine rings is 1. The summed E-state index contributed by atoms with van der Waals surface area (Å²) in [5.41, 5.74) is 0.973. The van der Waals surface area contributed by atoms with Crippen LogP contribution in [0.3, 0.4) is 0 Å². The third-order valence-electron chi connectivity index (χ3n) is 5.55. The van der Waals surface area contributed by atoms with Crippen LogP contribution in [-0.2, 0) is 21.8 Å². The summed E-state index contributed by atoms with van der Waals surface area (Å²) in [5, 5.41) is 0.0616. The summed E-state index contributed by atoms with van der Waals surface area (Å²) in [4.78, 5) is 18.3. The number of imidazole rings is 1. The van der Waals surface area contributed by atoms with E-state index < -0.39 is 10.0 Å². The number of aryl methyl sites for hydroxylation is 1. The molecule has 0 aliphatic carbocycles. The Labute approximate surface area is 164 Å². The first kappa shape index (κ1) is 18.9. The van der Waals surface area contributed by atoms with Crippen molar-refractivity contribution in [3.63, 3.8) is 0 Å². The molecule has 3 heterocycles. The fraction of sp³-hybridized carbons (Fsp3) is 0.474. The average Bonchev–Trinajstić information content (AvgIpc) is 3.26. The van der Waals surface area contributed by atoms with Crippen LogP contribution in [0, 0.1) is 0 Å². The zero-order valence-corrected chi connectivity index (χ0v) is 16.7. The van der Waals surface area contributed by atoms with E-state index in [0.29, 0.717) is 25.9 Å². The number of aromatic nitrogens is 2. The average molecular weight is 404 g/mol. The summed E-state index contributed by atoms with van der Waals surface area (Å²) in [6.07, 6.45) is 3.51. The second kappa shape index (κ2) is 7.21. The Kier molecular flexibility index (Phi) is 4.88. The summed E-state index contributed by atoms with van der Waals surface area (Å²) in [6, 6.07) is 9.57. The van der Waals surface area contributed by atoms with Gasteiger partial charge in [0, 0.05) is 32.4 Å². The Balaban J connectivity index is 1.44. The molecule has 28 heavy (non-hydrogen) atoms. The molecule has 2 fully saturated rings. The van der Waals surface area contributed by atoms with Gasteiger partial charge >= 0.3 is 6.09 Å². The molecule has 2 aliphatic heterocycles.